The van der Waals surface area contributed by atoms with Crippen molar-refractivity contribution in [2.24, 2.45) is 0 Å². The monoisotopic (exact) mass is 445 g/mol. The van der Waals surface area contributed by atoms with E-state index in [1.54, 1.807) is 45.0 Å². The molecule has 0 aliphatic carbocycles. The van der Waals surface area contributed by atoms with E-state index in [1.807, 2.05) is 6.92 Å². The fourth-order valence-electron chi connectivity index (χ4n) is 3.31. The van der Waals surface area contributed by atoms with E-state index in [1.165, 1.54) is 22.8 Å². The Labute approximate surface area is 185 Å². The Kier molecular flexibility index (Phi) is 6.65. The molecule has 3 aromatic rings. The fraction of sp³-hybridized carbons (Fsp3) is 0.348. The van der Waals surface area contributed by atoms with Gasteiger partial charge in [0.2, 0.25) is 0 Å². The minimum absolute atomic E-state index is 0.227. The normalized spacial score (nSPS) is 12.6. The number of rotatable bonds is 5. The van der Waals surface area contributed by atoms with E-state index in [2.05, 4.69) is 10.3 Å². The summed E-state index contributed by atoms with van der Waals surface area (Å²) >= 11 is 6.29. The lowest BCUT2D eigenvalue weighted by Gasteiger charge is -2.25. The summed E-state index contributed by atoms with van der Waals surface area (Å²) in [6.07, 6.45) is 0.567. The van der Waals surface area contributed by atoms with Gasteiger partial charge < -0.3 is 10.1 Å². The summed E-state index contributed by atoms with van der Waals surface area (Å²) in [6, 6.07) is 9.98. The second-order valence-electron chi connectivity index (χ2n) is 8.21. The zero-order valence-electron chi connectivity index (χ0n) is 17.9. The molecule has 0 aliphatic heterocycles. The minimum atomic E-state index is -0.687. The molecule has 0 bridgehead atoms. The van der Waals surface area contributed by atoms with Crippen LogP contribution in [0.15, 0.2) is 47.3 Å². The molecule has 0 aliphatic rings. The third-order valence-electron chi connectivity index (χ3n) is 4.52. The maximum atomic E-state index is 14.0. The highest BCUT2D eigenvalue weighted by atomic mass is 35.5. The van der Waals surface area contributed by atoms with Gasteiger partial charge in [0.05, 0.1) is 27.7 Å². The van der Waals surface area contributed by atoms with Gasteiger partial charge in [-0.05, 0) is 57.5 Å². The smallest absolute Gasteiger partial charge is 0.408 e. The first-order chi connectivity index (χ1) is 14.6. The Balaban J connectivity index is 2.24. The van der Waals surface area contributed by atoms with E-state index >= 15 is 0 Å². The van der Waals surface area contributed by atoms with Crippen molar-refractivity contribution in [1.82, 2.24) is 14.9 Å². The Morgan fingerprint density at radius 2 is 1.97 bits per heavy atom. The number of hydrogen-bond acceptors (Lipinski definition) is 4. The first kappa shape index (κ1) is 22.7. The molecule has 1 N–H and O–H groups in total. The summed E-state index contributed by atoms with van der Waals surface area (Å²) in [5.74, 6) is -0.222. The van der Waals surface area contributed by atoms with Crippen molar-refractivity contribution in [2.75, 3.05) is 0 Å². The predicted molar refractivity (Wildman–Crippen MR) is 119 cm³/mol. The van der Waals surface area contributed by atoms with Crippen LogP contribution < -0.4 is 10.9 Å². The minimum Gasteiger partial charge on any atom is -0.444 e. The van der Waals surface area contributed by atoms with Crippen molar-refractivity contribution in [3.8, 4) is 5.69 Å². The van der Waals surface area contributed by atoms with Gasteiger partial charge >= 0.3 is 6.09 Å². The number of carbonyl (C=O) groups is 1. The number of fused-ring (bicyclic) bond motifs is 1. The van der Waals surface area contributed by atoms with Gasteiger partial charge in [-0.3, -0.25) is 9.36 Å². The standard InChI is InChI=1S/C23H25ClFN3O3/c1-5-8-18(27-22(30)31-23(2,3)4)20-26-17-12-7-11-16(24)19(17)21(29)28(20)15-10-6-9-14(25)13-15/h6-7,9-13,18H,5,8H2,1-4H3,(H,27,30)/t18-/m1/s1. The number of halogens is 2. The van der Waals surface area contributed by atoms with Crippen LogP contribution in [0.2, 0.25) is 5.02 Å². The second kappa shape index (κ2) is 9.06. The summed E-state index contributed by atoms with van der Waals surface area (Å²) in [5, 5.41) is 3.29. The van der Waals surface area contributed by atoms with Crippen molar-refractivity contribution >= 4 is 28.6 Å². The van der Waals surface area contributed by atoms with Gasteiger partial charge in [-0.15, -0.1) is 0 Å². The van der Waals surface area contributed by atoms with Gasteiger partial charge in [-0.25, -0.2) is 14.2 Å². The van der Waals surface area contributed by atoms with Crippen LogP contribution in [0.3, 0.4) is 0 Å². The number of alkyl carbamates (subject to hydrolysis) is 1. The molecule has 1 aromatic heterocycles. The number of nitrogens with zero attached hydrogens (tertiary/aromatic N) is 2. The maximum absolute atomic E-state index is 14.0. The van der Waals surface area contributed by atoms with Gasteiger partial charge in [0.1, 0.15) is 17.2 Å². The Morgan fingerprint density at radius 3 is 2.61 bits per heavy atom. The molecule has 3 rings (SSSR count). The van der Waals surface area contributed by atoms with Crippen molar-refractivity contribution in [3.05, 3.63) is 69.5 Å². The molecule has 1 heterocycles. The van der Waals surface area contributed by atoms with Gasteiger partial charge in [-0.2, -0.15) is 0 Å². The lowest BCUT2D eigenvalue weighted by atomic mass is 10.1. The molecular formula is C23H25ClFN3O3. The van der Waals surface area contributed by atoms with Gasteiger partial charge in [-0.1, -0.05) is 37.1 Å². The van der Waals surface area contributed by atoms with Crippen LogP contribution in [0.1, 0.15) is 52.4 Å². The van der Waals surface area contributed by atoms with Crippen LogP contribution in [-0.4, -0.2) is 21.2 Å². The summed E-state index contributed by atoms with van der Waals surface area (Å²) in [5.41, 5.74) is -0.440. The van der Waals surface area contributed by atoms with Gasteiger partial charge in [0, 0.05) is 0 Å². The highest BCUT2D eigenvalue weighted by Crippen LogP contribution is 2.25. The molecule has 0 saturated carbocycles. The average Bonchev–Trinajstić information content (AvgIpc) is 2.66. The lowest BCUT2D eigenvalue weighted by molar-refractivity contribution is 0.0497. The molecule has 0 fully saturated rings. The van der Waals surface area contributed by atoms with E-state index in [0.29, 0.717) is 24.0 Å². The fourth-order valence-corrected chi connectivity index (χ4v) is 3.56. The van der Waals surface area contributed by atoms with Gasteiger partial charge in [0.15, 0.2) is 0 Å². The van der Waals surface area contributed by atoms with E-state index in [9.17, 15) is 14.0 Å². The van der Waals surface area contributed by atoms with Crippen molar-refractivity contribution in [3.63, 3.8) is 0 Å². The maximum Gasteiger partial charge on any atom is 0.408 e. The zero-order valence-corrected chi connectivity index (χ0v) is 18.7. The number of ether oxygens (including phenoxy) is 1. The molecule has 0 radical (unpaired) electrons. The summed E-state index contributed by atoms with van der Waals surface area (Å²) in [4.78, 5) is 30.6. The van der Waals surface area contributed by atoms with Crippen LogP contribution in [0, 0.1) is 5.82 Å². The Hall–Kier alpha value is -2.93. The second-order valence-corrected chi connectivity index (χ2v) is 8.62. The van der Waals surface area contributed by atoms with Crippen LogP contribution in [0.5, 0.6) is 0 Å². The predicted octanol–water partition coefficient (Wildman–Crippen LogP) is 5.54. The highest BCUT2D eigenvalue weighted by molar-refractivity contribution is 6.35. The Bertz CT molecular complexity index is 1170. The highest BCUT2D eigenvalue weighted by Gasteiger charge is 2.25. The van der Waals surface area contributed by atoms with E-state index in [4.69, 9.17) is 16.3 Å². The molecule has 1 amide bonds. The molecule has 8 heteroatoms. The zero-order chi connectivity index (χ0) is 22.8. The number of aromatic nitrogens is 2. The molecule has 31 heavy (non-hydrogen) atoms. The average molecular weight is 446 g/mol. The number of nitrogens with one attached hydrogen (secondary N) is 1. The molecule has 2 aromatic carbocycles. The van der Waals surface area contributed by atoms with Crippen LogP contribution in [0.25, 0.3) is 16.6 Å². The number of amides is 1. The van der Waals surface area contributed by atoms with Crippen LogP contribution in [-0.2, 0) is 4.74 Å². The van der Waals surface area contributed by atoms with Crippen LogP contribution >= 0.6 is 11.6 Å². The van der Waals surface area contributed by atoms with E-state index < -0.39 is 29.1 Å². The molecule has 164 valence electrons. The first-order valence-corrected chi connectivity index (χ1v) is 10.4. The summed E-state index contributed by atoms with van der Waals surface area (Å²) in [7, 11) is 0. The van der Waals surface area contributed by atoms with Crippen molar-refractivity contribution in [1.29, 1.82) is 0 Å². The largest absolute Gasteiger partial charge is 0.444 e. The molecule has 6 nitrogen and oxygen atoms in total. The topological polar surface area (TPSA) is 73.2 Å². The van der Waals surface area contributed by atoms with Crippen LogP contribution in [0.4, 0.5) is 9.18 Å². The van der Waals surface area contributed by atoms with E-state index in [-0.39, 0.29) is 16.2 Å². The third kappa shape index (κ3) is 5.22. The molecule has 0 unspecified atom stereocenters. The number of hydrogen-bond donors (Lipinski definition) is 1. The molecule has 0 spiro atoms. The molecule has 1 atom stereocenters. The van der Waals surface area contributed by atoms with E-state index in [0.717, 1.165) is 0 Å². The van der Waals surface area contributed by atoms with Crippen molar-refractivity contribution < 1.29 is 13.9 Å². The quantitative estimate of drug-likeness (QED) is 0.559. The Morgan fingerprint density at radius 1 is 1.26 bits per heavy atom. The van der Waals surface area contributed by atoms with Crippen molar-refractivity contribution in [2.45, 2.75) is 52.2 Å². The number of carbonyl (C=O) groups excluding carboxylic acids is 1. The summed E-state index contributed by atoms with van der Waals surface area (Å²) < 4.78 is 20.7. The third-order valence-corrected chi connectivity index (χ3v) is 4.83. The summed E-state index contributed by atoms with van der Waals surface area (Å²) in [6.45, 7) is 7.24. The number of benzene rings is 2. The first-order valence-electron chi connectivity index (χ1n) is 10.1. The SMILES string of the molecule is CCC[C@@H](NC(=O)OC(C)(C)C)c1nc2cccc(Cl)c2c(=O)n1-c1cccc(F)c1. The lowest BCUT2D eigenvalue weighted by Crippen LogP contribution is -2.38. The molecular weight excluding hydrogens is 421 g/mol. The van der Waals surface area contributed by atoms with Gasteiger partial charge in [0.25, 0.3) is 5.56 Å². The molecule has 0 saturated heterocycles.